The molecule has 3 N–H and O–H groups in total. The third kappa shape index (κ3) is 3.36. The molecule has 4 aromatic carbocycles. The van der Waals surface area contributed by atoms with Crippen molar-refractivity contribution >= 4 is 23.2 Å². The maximum absolute atomic E-state index is 13.2. The highest BCUT2D eigenvalue weighted by Gasteiger charge is 2.65. The average Bonchev–Trinajstić information content (AvgIpc) is 3.56. The minimum absolute atomic E-state index is 0.00624. The Balaban J connectivity index is 1.38. The molecule has 1 aliphatic carbocycles. The molecule has 2 atom stereocenters. The van der Waals surface area contributed by atoms with E-state index in [9.17, 15) is 15.0 Å². The van der Waals surface area contributed by atoms with Crippen LogP contribution in [0, 0.1) is 6.92 Å². The van der Waals surface area contributed by atoms with Crippen molar-refractivity contribution in [3.63, 3.8) is 0 Å². The molecule has 2 aliphatic rings. The summed E-state index contributed by atoms with van der Waals surface area (Å²) in [6.45, 7) is 1.97. The van der Waals surface area contributed by atoms with Gasteiger partial charge in [-0.15, -0.1) is 0 Å². The van der Waals surface area contributed by atoms with Crippen LogP contribution in [0.5, 0.6) is 5.75 Å². The first-order valence-corrected chi connectivity index (χ1v) is 12.0. The number of hydrogen-bond donors (Lipinski definition) is 3. The maximum Gasteiger partial charge on any atom is 0.235 e. The first-order valence-electron chi connectivity index (χ1n) is 11.7. The van der Waals surface area contributed by atoms with Crippen LogP contribution in [0.25, 0.3) is 22.3 Å². The molecule has 6 rings (SSSR count). The summed E-state index contributed by atoms with van der Waals surface area (Å²) in [5.41, 5.74) is 7.66. The number of phenolic OH excluding ortho intramolecular Hbond substituents is 1. The zero-order valence-electron chi connectivity index (χ0n) is 19.2. The molecule has 4 aromatic rings. The van der Waals surface area contributed by atoms with Gasteiger partial charge in [0.05, 0.1) is 17.0 Å². The summed E-state index contributed by atoms with van der Waals surface area (Å²) in [7, 11) is 0. The zero-order valence-corrected chi connectivity index (χ0v) is 19.9. The largest absolute Gasteiger partial charge is 0.507 e. The van der Waals surface area contributed by atoms with Crippen LogP contribution in [0.3, 0.4) is 0 Å². The van der Waals surface area contributed by atoms with Gasteiger partial charge in [0.15, 0.2) is 0 Å². The fraction of sp³-hybridized carbons (Fsp3) is 0.167. The molecule has 1 spiro atoms. The minimum atomic E-state index is -0.605. The van der Waals surface area contributed by atoms with Crippen LogP contribution in [-0.2, 0) is 16.8 Å². The van der Waals surface area contributed by atoms with Gasteiger partial charge in [-0.3, -0.25) is 4.79 Å². The van der Waals surface area contributed by atoms with Crippen molar-refractivity contribution in [3.05, 3.63) is 106 Å². The molecule has 0 aromatic heterocycles. The number of aliphatic hydroxyl groups is 1. The van der Waals surface area contributed by atoms with E-state index >= 15 is 0 Å². The van der Waals surface area contributed by atoms with Crippen LogP contribution in [0.4, 0.5) is 5.69 Å². The number of carbonyl (C=O) groups excluding carboxylic acids is 1. The lowest BCUT2D eigenvalue weighted by Crippen LogP contribution is -2.21. The molecular weight excluding hydrogens is 458 g/mol. The molecule has 1 heterocycles. The van der Waals surface area contributed by atoms with Crippen molar-refractivity contribution in [2.75, 3.05) is 5.32 Å². The Kier molecular flexibility index (Phi) is 4.99. The summed E-state index contributed by atoms with van der Waals surface area (Å²) in [6.07, 6.45) is 0.729. The Labute approximate surface area is 208 Å². The van der Waals surface area contributed by atoms with Crippen molar-refractivity contribution in [3.8, 4) is 28.0 Å². The molecule has 0 saturated heterocycles. The number of anilines is 1. The highest BCUT2D eigenvalue weighted by molar-refractivity contribution is 6.34. The van der Waals surface area contributed by atoms with E-state index in [1.54, 1.807) is 12.1 Å². The summed E-state index contributed by atoms with van der Waals surface area (Å²) >= 11 is 6.68. The van der Waals surface area contributed by atoms with Gasteiger partial charge in [0.25, 0.3) is 0 Å². The van der Waals surface area contributed by atoms with Gasteiger partial charge < -0.3 is 15.5 Å². The van der Waals surface area contributed by atoms with Crippen LogP contribution < -0.4 is 5.32 Å². The Morgan fingerprint density at radius 2 is 1.69 bits per heavy atom. The number of hydrogen-bond acceptors (Lipinski definition) is 3. The van der Waals surface area contributed by atoms with Crippen LogP contribution >= 0.6 is 11.6 Å². The summed E-state index contributed by atoms with van der Waals surface area (Å²) in [4.78, 5) is 13.2. The fourth-order valence-corrected chi connectivity index (χ4v) is 5.74. The van der Waals surface area contributed by atoms with Gasteiger partial charge in [-0.25, -0.2) is 0 Å². The third-order valence-corrected chi connectivity index (χ3v) is 7.87. The van der Waals surface area contributed by atoms with E-state index in [2.05, 4.69) is 11.4 Å². The van der Waals surface area contributed by atoms with Crippen molar-refractivity contribution in [1.82, 2.24) is 0 Å². The number of fused-ring (bicyclic) bond motifs is 2. The van der Waals surface area contributed by atoms with Gasteiger partial charge in [0, 0.05) is 22.7 Å². The number of amides is 1. The van der Waals surface area contributed by atoms with Gasteiger partial charge in [-0.2, -0.15) is 0 Å². The van der Waals surface area contributed by atoms with E-state index in [-0.39, 0.29) is 24.2 Å². The summed E-state index contributed by atoms with van der Waals surface area (Å²) < 4.78 is 0. The fourth-order valence-electron chi connectivity index (χ4n) is 5.46. The molecule has 35 heavy (non-hydrogen) atoms. The lowest BCUT2D eigenvalue weighted by atomic mass is 9.89. The molecular formula is C30H24ClNO3. The van der Waals surface area contributed by atoms with Crippen molar-refractivity contribution in [2.24, 2.45) is 0 Å². The average molecular weight is 482 g/mol. The number of aliphatic hydroxyl groups excluding tert-OH is 1. The topological polar surface area (TPSA) is 69.6 Å². The molecule has 5 heteroatoms. The van der Waals surface area contributed by atoms with Crippen LogP contribution in [0.2, 0.25) is 5.02 Å². The lowest BCUT2D eigenvalue weighted by Gasteiger charge is -2.14. The SMILES string of the molecule is Cc1ccc(C2CC23C(=O)Nc2cc(Cl)c(-c4ccc(-c5ccccc5O)cc4)cc23)cc1CO. The smallest absolute Gasteiger partial charge is 0.235 e. The summed E-state index contributed by atoms with van der Waals surface area (Å²) in [5, 5.41) is 23.5. The Bertz CT molecular complexity index is 1490. The van der Waals surface area contributed by atoms with Gasteiger partial charge in [-0.1, -0.05) is 72.3 Å². The second kappa shape index (κ2) is 7.98. The number of benzene rings is 4. The molecule has 1 saturated carbocycles. The van der Waals surface area contributed by atoms with Crippen molar-refractivity contribution in [1.29, 1.82) is 0 Å². The van der Waals surface area contributed by atoms with Gasteiger partial charge in [0.2, 0.25) is 5.91 Å². The number of aromatic hydroxyl groups is 1. The van der Waals surface area contributed by atoms with Gasteiger partial charge in [0.1, 0.15) is 5.75 Å². The Morgan fingerprint density at radius 1 is 0.971 bits per heavy atom. The predicted molar refractivity (Wildman–Crippen MR) is 139 cm³/mol. The van der Waals surface area contributed by atoms with E-state index < -0.39 is 5.41 Å². The van der Waals surface area contributed by atoms with Crippen LogP contribution in [0.15, 0.2) is 78.9 Å². The molecule has 0 bridgehead atoms. The lowest BCUT2D eigenvalue weighted by molar-refractivity contribution is -0.118. The second-order valence-corrected chi connectivity index (χ2v) is 9.91. The van der Waals surface area contributed by atoms with Gasteiger partial charge >= 0.3 is 0 Å². The second-order valence-electron chi connectivity index (χ2n) is 9.50. The molecule has 1 fully saturated rings. The predicted octanol–water partition coefficient (Wildman–Crippen LogP) is 6.56. The highest BCUT2D eigenvalue weighted by Crippen LogP contribution is 2.65. The molecule has 1 aliphatic heterocycles. The first kappa shape index (κ1) is 21.9. The normalized spacial score (nSPS) is 20.1. The number of carbonyl (C=O) groups is 1. The number of nitrogens with one attached hydrogen (secondary N) is 1. The summed E-state index contributed by atoms with van der Waals surface area (Å²) in [6, 6.07) is 25.2. The van der Waals surface area contributed by atoms with Crippen LogP contribution in [-0.4, -0.2) is 16.1 Å². The minimum Gasteiger partial charge on any atom is -0.507 e. The van der Waals surface area contributed by atoms with Crippen molar-refractivity contribution < 1.29 is 15.0 Å². The van der Waals surface area contributed by atoms with E-state index in [1.165, 1.54) is 0 Å². The first-order chi connectivity index (χ1) is 16.9. The zero-order chi connectivity index (χ0) is 24.3. The summed E-state index contributed by atoms with van der Waals surface area (Å²) in [5.74, 6) is 0.307. The Hall–Kier alpha value is -3.60. The number of phenols is 1. The molecule has 1 amide bonds. The number of rotatable bonds is 4. The van der Waals surface area contributed by atoms with E-state index in [0.29, 0.717) is 5.02 Å². The maximum atomic E-state index is 13.2. The molecule has 0 radical (unpaired) electrons. The van der Waals surface area contributed by atoms with E-state index in [0.717, 1.165) is 56.6 Å². The quantitative estimate of drug-likeness (QED) is 0.309. The monoisotopic (exact) mass is 481 g/mol. The molecule has 4 nitrogen and oxygen atoms in total. The van der Waals surface area contributed by atoms with E-state index in [4.69, 9.17) is 11.6 Å². The Morgan fingerprint density at radius 3 is 2.40 bits per heavy atom. The van der Waals surface area contributed by atoms with E-state index in [1.807, 2.05) is 67.6 Å². The van der Waals surface area contributed by atoms with Gasteiger partial charge in [-0.05, 0) is 64.9 Å². The number of para-hydroxylation sites is 1. The third-order valence-electron chi connectivity index (χ3n) is 7.56. The van der Waals surface area contributed by atoms with Crippen LogP contribution in [0.1, 0.15) is 34.6 Å². The molecule has 2 unspecified atom stereocenters. The standard InChI is InChI=1S/C30H24ClNO3/c1-17-6-7-20(12-21(17)16-33)25-15-30(25)24-13-23(26(31)14-27(24)32-29(30)35)19-10-8-18(9-11-19)22-4-2-3-5-28(22)34/h2-14,25,33-34H,15-16H2,1H3,(H,32,35). The number of aryl methyl sites for hydroxylation is 1. The molecule has 174 valence electrons. The highest BCUT2D eigenvalue weighted by atomic mass is 35.5. The van der Waals surface area contributed by atoms with Crippen molar-refractivity contribution in [2.45, 2.75) is 31.3 Å². The number of halogens is 1.